The standard InChI is InChI=1S/C8H6ClF3N/c1-13-6-4-2-3-5(7(6)9)8(10,11)12/h2,4,13H,1H3. The molecule has 0 aromatic heterocycles. The summed E-state index contributed by atoms with van der Waals surface area (Å²) in [5.41, 5.74) is -0.700. The first kappa shape index (κ1) is 10.2. The lowest BCUT2D eigenvalue weighted by Crippen LogP contribution is -2.07. The van der Waals surface area contributed by atoms with Crippen LogP contribution in [-0.2, 0) is 6.18 Å². The molecule has 0 fully saturated rings. The van der Waals surface area contributed by atoms with E-state index in [1.54, 1.807) is 0 Å². The number of halogens is 4. The molecule has 0 saturated carbocycles. The Morgan fingerprint density at radius 2 is 2.08 bits per heavy atom. The molecule has 5 heteroatoms. The molecule has 0 heterocycles. The summed E-state index contributed by atoms with van der Waals surface area (Å²) in [6.07, 6.45) is -4.45. The summed E-state index contributed by atoms with van der Waals surface area (Å²) in [6.45, 7) is 0. The SMILES string of the molecule is CNc1cc[c]c(C(F)(F)F)c1Cl. The molecule has 13 heavy (non-hydrogen) atoms. The zero-order valence-electron chi connectivity index (χ0n) is 6.67. The van der Waals surface area contributed by atoms with Crippen LogP contribution < -0.4 is 5.32 Å². The van der Waals surface area contributed by atoms with Crippen LogP contribution in [-0.4, -0.2) is 7.05 Å². The highest BCUT2D eigenvalue weighted by Gasteiger charge is 2.34. The molecule has 0 aliphatic carbocycles. The van der Waals surface area contributed by atoms with Crippen molar-refractivity contribution in [1.29, 1.82) is 0 Å². The highest BCUT2D eigenvalue weighted by Crippen LogP contribution is 2.37. The van der Waals surface area contributed by atoms with Crippen LogP contribution in [0, 0.1) is 6.07 Å². The van der Waals surface area contributed by atoms with Crippen LogP contribution in [0.2, 0.25) is 5.02 Å². The minimum absolute atomic E-state index is 0.243. The van der Waals surface area contributed by atoms with Crippen LogP contribution in [0.25, 0.3) is 0 Å². The maximum absolute atomic E-state index is 12.2. The molecule has 1 aromatic carbocycles. The summed E-state index contributed by atoms with van der Waals surface area (Å²) in [7, 11) is 1.50. The van der Waals surface area contributed by atoms with Gasteiger partial charge >= 0.3 is 6.18 Å². The predicted molar refractivity (Wildman–Crippen MR) is 44.8 cm³/mol. The maximum atomic E-state index is 12.2. The topological polar surface area (TPSA) is 12.0 Å². The van der Waals surface area contributed by atoms with Crippen LogP contribution in [0.4, 0.5) is 18.9 Å². The minimum Gasteiger partial charge on any atom is -0.387 e. The van der Waals surface area contributed by atoms with Gasteiger partial charge in [-0.1, -0.05) is 17.7 Å². The number of benzene rings is 1. The number of anilines is 1. The van der Waals surface area contributed by atoms with E-state index in [0.717, 1.165) is 0 Å². The molecule has 1 aromatic rings. The molecule has 1 radical (unpaired) electrons. The van der Waals surface area contributed by atoms with Gasteiger partial charge in [0.25, 0.3) is 0 Å². The monoisotopic (exact) mass is 208 g/mol. The van der Waals surface area contributed by atoms with E-state index in [1.807, 2.05) is 0 Å². The molecule has 0 unspecified atom stereocenters. The average Bonchev–Trinajstić information content (AvgIpc) is 2.02. The van der Waals surface area contributed by atoms with Crippen molar-refractivity contribution in [3.8, 4) is 0 Å². The number of hydrogen-bond donors (Lipinski definition) is 1. The van der Waals surface area contributed by atoms with Crippen molar-refractivity contribution >= 4 is 17.3 Å². The van der Waals surface area contributed by atoms with Gasteiger partial charge in [-0.25, -0.2) is 0 Å². The van der Waals surface area contributed by atoms with E-state index in [2.05, 4.69) is 11.4 Å². The summed E-state index contributed by atoms with van der Waals surface area (Å²) in [6, 6.07) is 4.66. The largest absolute Gasteiger partial charge is 0.418 e. The highest BCUT2D eigenvalue weighted by molar-refractivity contribution is 6.34. The van der Waals surface area contributed by atoms with Crippen molar-refractivity contribution in [3.63, 3.8) is 0 Å². The van der Waals surface area contributed by atoms with Crippen LogP contribution in [0.3, 0.4) is 0 Å². The first-order chi connectivity index (χ1) is 5.96. The Labute approximate surface area is 78.5 Å². The molecule has 71 valence electrons. The Morgan fingerprint density at radius 1 is 1.46 bits per heavy atom. The quantitative estimate of drug-likeness (QED) is 0.747. The van der Waals surface area contributed by atoms with E-state index >= 15 is 0 Å². The van der Waals surface area contributed by atoms with Gasteiger partial charge in [0.15, 0.2) is 0 Å². The zero-order valence-corrected chi connectivity index (χ0v) is 7.42. The minimum atomic E-state index is -4.45. The van der Waals surface area contributed by atoms with E-state index in [0.29, 0.717) is 0 Å². The van der Waals surface area contributed by atoms with E-state index in [9.17, 15) is 13.2 Å². The van der Waals surface area contributed by atoms with Gasteiger partial charge in [-0.05, 0) is 12.1 Å². The maximum Gasteiger partial charge on any atom is 0.418 e. The van der Waals surface area contributed by atoms with Gasteiger partial charge in [0.05, 0.1) is 16.3 Å². The normalized spacial score (nSPS) is 11.5. The van der Waals surface area contributed by atoms with Gasteiger partial charge < -0.3 is 5.32 Å². The Bertz CT molecular complexity index is 309. The second-order valence-electron chi connectivity index (χ2n) is 2.33. The molecule has 1 rings (SSSR count). The summed E-state index contributed by atoms with van der Waals surface area (Å²) < 4.78 is 36.7. The molecule has 0 aliphatic heterocycles. The molecular weight excluding hydrogens is 203 g/mol. The highest BCUT2D eigenvalue weighted by atomic mass is 35.5. The molecule has 0 spiro atoms. The van der Waals surface area contributed by atoms with E-state index < -0.39 is 11.7 Å². The Morgan fingerprint density at radius 3 is 2.54 bits per heavy atom. The lowest BCUT2D eigenvalue weighted by atomic mass is 10.2. The fourth-order valence-electron chi connectivity index (χ4n) is 0.879. The summed E-state index contributed by atoms with van der Waals surface area (Å²) in [5.74, 6) is 0. The molecule has 0 atom stereocenters. The number of alkyl halides is 3. The third-order valence-electron chi connectivity index (χ3n) is 1.49. The Hall–Kier alpha value is -0.900. The fourth-order valence-corrected chi connectivity index (χ4v) is 1.20. The Kier molecular flexibility index (Phi) is 2.71. The third-order valence-corrected chi connectivity index (χ3v) is 1.88. The number of rotatable bonds is 1. The summed E-state index contributed by atoms with van der Waals surface area (Å²) in [4.78, 5) is 0. The van der Waals surface area contributed by atoms with Gasteiger partial charge in [0.1, 0.15) is 0 Å². The van der Waals surface area contributed by atoms with Crippen molar-refractivity contribution in [1.82, 2.24) is 0 Å². The van der Waals surface area contributed by atoms with E-state index in [4.69, 9.17) is 11.6 Å². The van der Waals surface area contributed by atoms with Gasteiger partial charge in [-0.3, -0.25) is 0 Å². The van der Waals surface area contributed by atoms with Crippen molar-refractivity contribution < 1.29 is 13.2 Å². The molecule has 1 N–H and O–H groups in total. The van der Waals surface area contributed by atoms with Crippen LogP contribution in [0.15, 0.2) is 12.1 Å². The van der Waals surface area contributed by atoms with Gasteiger partial charge in [-0.15, -0.1) is 0 Å². The predicted octanol–water partition coefficient (Wildman–Crippen LogP) is 3.20. The van der Waals surface area contributed by atoms with Crippen LogP contribution in [0.1, 0.15) is 5.56 Å². The lowest BCUT2D eigenvalue weighted by Gasteiger charge is -2.10. The Balaban J connectivity index is 3.24. The van der Waals surface area contributed by atoms with E-state index in [1.165, 1.54) is 19.2 Å². The second-order valence-corrected chi connectivity index (χ2v) is 2.71. The lowest BCUT2D eigenvalue weighted by molar-refractivity contribution is -0.137. The second kappa shape index (κ2) is 3.46. The first-order valence-electron chi connectivity index (χ1n) is 3.42. The zero-order chi connectivity index (χ0) is 10.1. The van der Waals surface area contributed by atoms with Crippen LogP contribution >= 0.6 is 11.6 Å². The van der Waals surface area contributed by atoms with Gasteiger partial charge in [0, 0.05) is 7.05 Å². The number of nitrogens with one attached hydrogen (secondary N) is 1. The van der Waals surface area contributed by atoms with Crippen LogP contribution in [0.5, 0.6) is 0 Å². The summed E-state index contributed by atoms with van der Waals surface area (Å²) in [5, 5.41) is 2.21. The molecule has 0 amide bonds. The van der Waals surface area contributed by atoms with Gasteiger partial charge in [0.2, 0.25) is 0 Å². The molecule has 0 bridgehead atoms. The molecule has 0 aliphatic rings. The van der Waals surface area contributed by atoms with Crippen molar-refractivity contribution in [3.05, 3.63) is 28.8 Å². The van der Waals surface area contributed by atoms with Crippen molar-refractivity contribution in [2.24, 2.45) is 0 Å². The van der Waals surface area contributed by atoms with Gasteiger partial charge in [-0.2, -0.15) is 13.2 Å². The molecule has 1 nitrogen and oxygen atoms in total. The fraction of sp³-hybridized carbons (Fsp3) is 0.250. The smallest absolute Gasteiger partial charge is 0.387 e. The molecular formula is C8H6ClF3N. The number of hydrogen-bond acceptors (Lipinski definition) is 1. The average molecular weight is 209 g/mol. The summed E-state index contributed by atoms with van der Waals surface area (Å²) >= 11 is 5.48. The van der Waals surface area contributed by atoms with Crippen molar-refractivity contribution in [2.75, 3.05) is 12.4 Å². The molecule has 0 saturated heterocycles. The third kappa shape index (κ3) is 2.06. The first-order valence-corrected chi connectivity index (χ1v) is 3.79. The van der Waals surface area contributed by atoms with Crippen molar-refractivity contribution in [2.45, 2.75) is 6.18 Å². The van der Waals surface area contributed by atoms with E-state index in [-0.39, 0.29) is 10.7 Å².